The monoisotopic (exact) mass is 322 g/mol. The number of nitrogens with zero attached hydrogens (tertiary/aromatic N) is 3. The Hall–Kier alpha value is -2.12. The van der Waals surface area contributed by atoms with Crippen LogP contribution in [0.15, 0.2) is 4.79 Å². The number of nitrogens with one attached hydrogen (secondary N) is 1. The van der Waals surface area contributed by atoms with Crippen LogP contribution >= 0.6 is 0 Å². The molecule has 1 aromatic rings. The summed E-state index contributed by atoms with van der Waals surface area (Å²) < 4.78 is 83.0. The first kappa shape index (κ1) is 15.3. The molecule has 0 bridgehead atoms. The van der Waals surface area contributed by atoms with Crippen molar-refractivity contribution >= 4 is 5.97 Å². The number of carbonyl (C=O) groups is 1. The van der Waals surface area contributed by atoms with Crippen molar-refractivity contribution in [3.63, 3.8) is 0 Å². The van der Waals surface area contributed by atoms with E-state index in [1.165, 1.54) is 0 Å². The number of hydrogen-bond donors (Lipinski definition) is 1. The zero-order valence-electron chi connectivity index (χ0n) is 9.53. The van der Waals surface area contributed by atoms with Gasteiger partial charge in [0.05, 0.1) is 6.54 Å². The van der Waals surface area contributed by atoms with Crippen LogP contribution in [0, 0.1) is 0 Å². The molecule has 1 saturated heterocycles. The van der Waals surface area contributed by atoms with E-state index < -0.39 is 42.4 Å². The number of rotatable bonds is 2. The molecule has 1 N–H and O–H groups in total. The van der Waals surface area contributed by atoms with Crippen molar-refractivity contribution in [3.05, 3.63) is 10.5 Å². The smallest absolute Gasteiger partial charge is 0.414 e. The molecule has 0 unspecified atom stereocenters. The topological polar surface area (TPSA) is 99.1 Å². The Morgan fingerprint density at radius 3 is 2.14 bits per heavy atom. The van der Waals surface area contributed by atoms with Crippen molar-refractivity contribution in [1.29, 1.82) is 0 Å². The number of halogens is 6. The first-order valence-electron chi connectivity index (χ1n) is 5.00. The van der Waals surface area contributed by atoms with Crippen molar-refractivity contribution < 1.29 is 40.6 Å². The van der Waals surface area contributed by atoms with E-state index in [-0.39, 0.29) is 0 Å². The molecule has 0 aliphatic carbocycles. The number of aromatic nitrogens is 4. The minimum atomic E-state index is -6.05. The lowest BCUT2D eigenvalue weighted by Gasteiger charge is -2.30. The molecule has 2 heterocycles. The Labute approximate surface area is 109 Å². The number of aromatic amines is 1. The van der Waals surface area contributed by atoms with Crippen molar-refractivity contribution in [2.24, 2.45) is 0 Å². The number of alkyl halides is 6. The zero-order valence-corrected chi connectivity index (χ0v) is 9.53. The molecule has 2 rings (SSSR count). The number of tetrazole rings is 1. The van der Waals surface area contributed by atoms with E-state index in [2.05, 4.69) is 19.9 Å². The lowest BCUT2D eigenvalue weighted by Crippen LogP contribution is -2.58. The molecule has 1 fully saturated rings. The average molecular weight is 322 g/mol. The Bertz CT molecular complexity index is 589. The van der Waals surface area contributed by atoms with Gasteiger partial charge < -0.3 is 9.47 Å². The summed E-state index contributed by atoms with van der Waals surface area (Å²) in [5.74, 6) is -7.01. The highest BCUT2D eigenvalue weighted by Gasteiger charge is 2.80. The van der Waals surface area contributed by atoms with Gasteiger partial charge in [-0.25, -0.2) is 14.7 Å². The van der Waals surface area contributed by atoms with Crippen LogP contribution in [0.1, 0.15) is 0 Å². The molecule has 14 heteroatoms. The Kier molecular flexibility index (Phi) is 3.23. The third-order valence-electron chi connectivity index (χ3n) is 2.43. The maximum atomic E-state index is 12.6. The van der Waals surface area contributed by atoms with Gasteiger partial charge >= 0.3 is 29.8 Å². The van der Waals surface area contributed by atoms with Gasteiger partial charge in [0.1, 0.15) is 0 Å². The molecule has 0 saturated carbocycles. The number of ether oxygens (including phenoxy) is 2. The lowest BCUT2D eigenvalue weighted by molar-refractivity contribution is -0.439. The van der Waals surface area contributed by atoms with E-state index >= 15 is 0 Å². The summed E-state index contributed by atoms with van der Waals surface area (Å²) in [6, 6.07) is 0. The second-order valence-corrected chi connectivity index (χ2v) is 3.83. The minimum absolute atomic E-state index is 0.314. The van der Waals surface area contributed by atoms with E-state index in [4.69, 9.17) is 0 Å². The summed E-state index contributed by atoms with van der Waals surface area (Å²) in [6.45, 7) is -1.03. The Morgan fingerprint density at radius 2 is 1.76 bits per heavy atom. The Balaban J connectivity index is 2.32. The quantitative estimate of drug-likeness (QED) is 0.594. The molecule has 0 radical (unpaired) electrons. The van der Waals surface area contributed by atoms with Crippen molar-refractivity contribution in [2.75, 3.05) is 0 Å². The fraction of sp³-hybridized carbons (Fsp3) is 0.714. The molecular weight excluding hydrogens is 318 g/mol. The van der Waals surface area contributed by atoms with Crippen LogP contribution in [0.2, 0.25) is 0 Å². The number of hydrogen-bond acceptors (Lipinski definition) is 6. The first-order valence-corrected chi connectivity index (χ1v) is 5.00. The summed E-state index contributed by atoms with van der Waals surface area (Å²) >= 11 is 0. The van der Waals surface area contributed by atoms with Gasteiger partial charge in [-0.15, -0.1) is 0 Å². The SMILES string of the molecule is O=C1OC(C(F)(F)F)(C(F)(F)F)O[C@H]1Cn1nn[nH]c1=O. The standard InChI is InChI=1S/C7H4F6N4O4/c8-6(9,10)5(7(11,12)13)20-2(3(18)21-5)1-17-4(19)14-15-16-17/h2H,1H2,(H,14,16,19)/t2-/m0/s1. The highest BCUT2D eigenvalue weighted by atomic mass is 19.4. The molecule has 8 nitrogen and oxygen atoms in total. The van der Waals surface area contributed by atoms with E-state index in [1.54, 1.807) is 5.10 Å². The summed E-state index contributed by atoms with van der Waals surface area (Å²) in [7, 11) is 0. The van der Waals surface area contributed by atoms with Gasteiger partial charge in [-0.1, -0.05) is 0 Å². The lowest BCUT2D eigenvalue weighted by atomic mass is 10.2. The van der Waals surface area contributed by atoms with E-state index in [0.717, 1.165) is 0 Å². The fourth-order valence-electron chi connectivity index (χ4n) is 1.50. The fourth-order valence-corrected chi connectivity index (χ4v) is 1.50. The van der Waals surface area contributed by atoms with E-state index in [9.17, 15) is 35.9 Å². The third kappa shape index (κ3) is 2.34. The summed E-state index contributed by atoms with van der Waals surface area (Å²) in [4.78, 5) is 22.2. The molecule has 21 heavy (non-hydrogen) atoms. The van der Waals surface area contributed by atoms with E-state index in [0.29, 0.717) is 4.68 Å². The molecule has 118 valence electrons. The highest BCUT2D eigenvalue weighted by molar-refractivity contribution is 5.76. The molecule has 1 aromatic heterocycles. The predicted molar refractivity (Wildman–Crippen MR) is 46.4 cm³/mol. The number of esters is 1. The second-order valence-electron chi connectivity index (χ2n) is 3.83. The number of H-pyrrole nitrogens is 1. The van der Waals surface area contributed by atoms with Gasteiger partial charge in [0.2, 0.25) is 0 Å². The average Bonchev–Trinajstić information content (AvgIpc) is 2.84. The first-order chi connectivity index (χ1) is 9.48. The molecular formula is C7H4F6N4O4. The van der Waals surface area contributed by atoms with Gasteiger partial charge in [0.25, 0.3) is 0 Å². The molecule has 0 amide bonds. The van der Waals surface area contributed by atoms with Crippen LogP contribution in [-0.2, 0) is 20.8 Å². The van der Waals surface area contributed by atoms with Crippen LogP contribution in [0.3, 0.4) is 0 Å². The van der Waals surface area contributed by atoms with Crippen molar-refractivity contribution in [1.82, 2.24) is 20.2 Å². The summed E-state index contributed by atoms with van der Waals surface area (Å²) in [6.07, 6.45) is -14.4. The second kappa shape index (κ2) is 4.44. The third-order valence-corrected chi connectivity index (χ3v) is 2.43. The van der Waals surface area contributed by atoms with Crippen LogP contribution in [0.25, 0.3) is 0 Å². The summed E-state index contributed by atoms with van der Waals surface area (Å²) in [5, 5.41) is 7.71. The van der Waals surface area contributed by atoms with Crippen LogP contribution in [0.4, 0.5) is 26.3 Å². The van der Waals surface area contributed by atoms with E-state index in [1.807, 2.05) is 0 Å². The molecule has 0 spiro atoms. The molecule has 1 atom stereocenters. The maximum absolute atomic E-state index is 12.6. The largest absolute Gasteiger partial charge is 0.465 e. The molecule has 1 aliphatic heterocycles. The van der Waals surface area contributed by atoms with Gasteiger partial charge in [0, 0.05) is 0 Å². The molecule has 1 aliphatic rings. The Morgan fingerprint density at radius 1 is 1.19 bits per heavy atom. The zero-order chi connectivity index (χ0) is 16.1. The van der Waals surface area contributed by atoms with Gasteiger partial charge in [0.15, 0.2) is 6.10 Å². The van der Waals surface area contributed by atoms with Crippen molar-refractivity contribution in [3.8, 4) is 0 Å². The normalized spacial score (nSPS) is 22.4. The number of cyclic esters (lactones) is 1. The van der Waals surface area contributed by atoms with Gasteiger partial charge in [-0.3, -0.25) is 0 Å². The van der Waals surface area contributed by atoms with Crippen molar-refractivity contribution in [2.45, 2.75) is 30.8 Å². The number of carbonyl (C=O) groups excluding carboxylic acids is 1. The predicted octanol–water partition coefficient (Wildman–Crippen LogP) is -0.271. The maximum Gasteiger partial charge on any atom is 0.465 e. The minimum Gasteiger partial charge on any atom is -0.414 e. The van der Waals surface area contributed by atoms with Gasteiger partial charge in [-0.05, 0) is 10.4 Å². The van der Waals surface area contributed by atoms with Gasteiger partial charge in [-0.2, -0.15) is 31.0 Å². The summed E-state index contributed by atoms with van der Waals surface area (Å²) in [5.41, 5.74) is -1.05. The molecule has 0 aromatic carbocycles. The van der Waals surface area contributed by atoms with Crippen LogP contribution < -0.4 is 5.69 Å². The highest BCUT2D eigenvalue weighted by Crippen LogP contribution is 2.50. The van der Waals surface area contributed by atoms with Crippen LogP contribution in [-0.4, -0.2) is 50.4 Å². The van der Waals surface area contributed by atoms with Crippen LogP contribution in [0.5, 0.6) is 0 Å².